The molecule has 32 heavy (non-hydrogen) atoms. The highest BCUT2D eigenvalue weighted by atomic mass is 32.1. The molecule has 7 heteroatoms. The molecule has 3 rings (SSSR count). The number of nitrogens with one attached hydrogen (secondary N) is 1. The van der Waals surface area contributed by atoms with Crippen LogP contribution in [0.4, 0.5) is 11.4 Å². The van der Waals surface area contributed by atoms with Crippen molar-refractivity contribution in [1.29, 1.82) is 0 Å². The number of benzene rings is 2. The van der Waals surface area contributed by atoms with E-state index in [1.165, 1.54) is 11.3 Å². The minimum atomic E-state index is 0.197. The quantitative estimate of drug-likeness (QED) is 0.508. The van der Waals surface area contributed by atoms with Gasteiger partial charge in [0.1, 0.15) is 11.5 Å². The van der Waals surface area contributed by atoms with Gasteiger partial charge in [-0.1, -0.05) is 12.1 Å². The smallest absolute Gasteiger partial charge is 0.173 e. The van der Waals surface area contributed by atoms with Gasteiger partial charge in [-0.15, -0.1) is 0 Å². The summed E-state index contributed by atoms with van der Waals surface area (Å²) in [6.07, 6.45) is 2.36. The molecular formula is C25H35N3O3S. The average Bonchev–Trinajstić information content (AvgIpc) is 3.34. The SMILES string of the molecule is CCN(CC)c1ccc(CN(CC2CCCO2)C(=S)Nc2ccc(OC)cc2OC)cc1. The molecule has 1 atom stereocenters. The van der Waals surface area contributed by atoms with Gasteiger partial charge in [-0.3, -0.25) is 0 Å². The number of hydrogen-bond donors (Lipinski definition) is 1. The molecule has 1 N–H and O–H groups in total. The standard InChI is InChI=1S/C25H35N3O3S/c1-5-27(6-2)20-11-9-19(10-12-20)17-28(18-22-8-7-15-31-22)25(32)26-23-14-13-21(29-3)16-24(23)30-4/h9-14,16,22H,5-8,15,17-18H2,1-4H3,(H,26,32). The van der Waals surface area contributed by atoms with Crippen molar-refractivity contribution < 1.29 is 14.2 Å². The highest BCUT2D eigenvalue weighted by Crippen LogP contribution is 2.29. The lowest BCUT2D eigenvalue weighted by molar-refractivity contribution is 0.0905. The van der Waals surface area contributed by atoms with Gasteiger partial charge in [-0.25, -0.2) is 0 Å². The fraction of sp³-hybridized carbons (Fsp3) is 0.480. The van der Waals surface area contributed by atoms with E-state index in [2.05, 4.69) is 53.2 Å². The normalized spacial score (nSPS) is 15.3. The number of ether oxygens (including phenoxy) is 3. The van der Waals surface area contributed by atoms with Crippen molar-refractivity contribution in [3.63, 3.8) is 0 Å². The van der Waals surface area contributed by atoms with Crippen LogP contribution in [0.15, 0.2) is 42.5 Å². The van der Waals surface area contributed by atoms with Crippen LogP contribution in [-0.2, 0) is 11.3 Å². The Labute approximate surface area is 197 Å². The van der Waals surface area contributed by atoms with E-state index in [9.17, 15) is 0 Å². The molecule has 0 bridgehead atoms. The molecule has 0 spiro atoms. The summed E-state index contributed by atoms with van der Waals surface area (Å²) in [7, 11) is 3.28. The number of methoxy groups -OCH3 is 2. The van der Waals surface area contributed by atoms with Gasteiger partial charge in [0.15, 0.2) is 5.11 Å². The summed E-state index contributed by atoms with van der Waals surface area (Å²) >= 11 is 5.83. The van der Waals surface area contributed by atoms with E-state index >= 15 is 0 Å². The first-order valence-electron chi connectivity index (χ1n) is 11.3. The molecule has 1 aliphatic heterocycles. The molecule has 0 amide bonds. The maximum Gasteiger partial charge on any atom is 0.173 e. The van der Waals surface area contributed by atoms with Crippen molar-refractivity contribution in [1.82, 2.24) is 4.90 Å². The molecular weight excluding hydrogens is 422 g/mol. The Hall–Kier alpha value is -2.51. The lowest BCUT2D eigenvalue weighted by Gasteiger charge is -2.29. The third kappa shape index (κ3) is 6.26. The minimum absolute atomic E-state index is 0.197. The second kappa shape index (κ2) is 11.9. The summed E-state index contributed by atoms with van der Waals surface area (Å²) in [6.45, 7) is 8.64. The molecule has 1 saturated heterocycles. The summed E-state index contributed by atoms with van der Waals surface area (Å²) in [5.41, 5.74) is 3.27. The topological polar surface area (TPSA) is 46.2 Å². The zero-order chi connectivity index (χ0) is 22.9. The van der Waals surface area contributed by atoms with E-state index in [1.54, 1.807) is 14.2 Å². The van der Waals surface area contributed by atoms with Gasteiger partial charge >= 0.3 is 0 Å². The van der Waals surface area contributed by atoms with Crippen LogP contribution in [0.2, 0.25) is 0 Å². The molecule has 0 saturated carbocycles. The lowest BCUT2D eigenvalue weighted by Crippen LogP contribution is -2.39. The van der Waals surface area contributed by atoms with Crippen molar-refractivity contribution >= 4 is 28.7 Å². The molecule has 1 fully saturated rings. The van der Waals surface area contributed by atoms with Gasteiger partial charge in [-0.05, 0) is 68.7 Å². The van der Waals surface area contributed by atoms with E-state index in [0.717, 1.165) is 50.5 Å². The van der Waals surface area contributed by atoms with Crippen molar-refractivity contribution in [3.05, 3.63) is 48.0 Å². The summed E-state index contributed by atoms with van der Waals surface area (Å²) in [5, 5.41) is 4.02. The van der Waals surface area contributed by atoms with Crippen LogP contribution in [0.3, 0.4) is 0 Å². The average molecular weight is 458 g/mol. The lowest BCUT2D eigenvalue weighted by atomic mass is 10.1. The first-order valence-corrected chi connectivity index (χ1v) is 11.7. The number of nitrogens with zero attached hydrogens (tertiary/aromatic N) is 2. The monoisotopic (exact) mass is 457 g/mol. The van der Waals surface area contributed by atoms with Crippen LogP contribution in [0.5, 0.6) is 11.5 Å². The minimum Gasteiger partial charge on any atom is -0.497 e. The van der Waals surface area contributed by atoms with E-state index in [1.807, 2.05) is 18.2 Å². The third-order valence-electron chi connectivity index (χ3n) is 5.82. The van der Waals surface area contributed by atoms with Crippen molar-refractivity contribution in [2.45, 2.75) is 39.3 Å². The van der Waals surface area contributed by atoms with Gasteiger partial charge in [0.2, 0.25) is 0 Å². The molecule has 1 aliphatic rings. The van der Waals surface area contributed by atoms with E-state index in [4.69, 9.17) is 26.4 Å². The number of anilines is 2. The van der Waals surface area contributed by atoms with Crippen LogP contribution in [0.25, 0.3) is 0 Å². The van der Waals surface area contributed by atoms with Crippen LogP contribution in [0.1, 0.15) is 32.3 Å². The van der Waals surface area contributed by atoms with Crippen molar-refractivity contribution in [3.8, 4) is 11.5 Å². The molecule has 0 radical (unpaired) electrons. The van der Waals surface area contributed by atoms with E-state index < -0.39 is 0 Å². The Kier molecular flexibility index (Phi) is 9.00. The Morgan fingerprint density at radius 2 is 1.84 bits per heavy atom. The van der Waals surface area contributed by atoms with E-state index in [0.29, 0.717) is 17.4 Å². The summed E-state index contributed by atoms with van der Waals surface area (Å²) in [4.78, 5) is 4.53. The maximum absolute atomic E-state index is 5.90. The first kappa shape index (κ1) is 24.1. The number of rotatable bonds is 10. The van der Waals surface area contributed by atoms with Crippen molar-refractivity contribution in [2.24, 2.45) is 0 Å². The molecule has 2 aromatic rings. The van der Waals surface area contributed by atoms with Gasteiger partial charge < -0.3 is 29.3 Å². The molecule has 0 aliphatic carbocycles. The molecule has 0 aromatic heterocycles. The van der Waals surface area contributed by atoms with Gasteiger partial charge in [0.25, 0.3) is 0 Å². The van der Waals surface area contributed by atoms with Crippen LogP contribution in [0, 0.1) is 0 Å². The summed E-state index contributed by atoms with van der Waals surface area (Å²) in [6, 6.07) is 14.4. The van der Waals surface area contributed by atoms with Crippen molar-refractivity contribution in [2.75, 3.05) is 50.7 Å². The Morgan fingerprint density at radius 3 is 2.44 bits per heavy atom. The predicted molar refractivity (Wildman–Crippen MR) is 135 cm³/mol. The van der Waals surface area contributed by atoms with Crippen LogP contribution in [-0.4, -0.2) is 56.6 Å². The Morgan fingerprint density at radius 1 is 1.09 bits per heavy atom. The zero-order valence-electron chi connectivity index (χ0n) is 19.6. The van der Waals surface area contributed by atoms with E-state index in [-0.39, 0.29) is 6.10 Å². The highest BCUT2D eigenvalue weighted by Gasteiger charge is 2.22. The number of hydrogen-bond acceptors (Lipinski definition) is 5. The highest BCUT2D eigenvalue weighted by molar-refractivity contribution is 7.80. The predicted octanol–water partition coefficient (Wildman–Crippen LogP) is 4.93. The summed E-state index contributed by atoms with van der Waals surface area (Å²) in [5.74, 6) is 1.43. The number of thiocarbonyl (C=S) groups is 1. The van der Waals surface area contributed by atoms with Crippen LogP contribution >= 0.6 is 12.2 Å². The molecule has 1 heterocycles. The van der Waals surface area contributed by atoms with Gasteiger partial charge in [0.05, 0.1) is 26.0 Å². The van der Waals surface area contributed by atoms with Gasteiger partial charge in [-0.2, -0.15) is 0 Å². The van der Waals surface area contributed by atoms with Gasteiger partial charge in [0, 0.05) is 44.5 Å². The Balaban J connectivity index is 1.75. The second-order valence-corrected chi connectivity index (χ2v) is 8.24. The second-order valence-electron chi connectivity index (χ2n) is 7.85. The molecule has 2 aromatic carbocycles. The molecule has 174 valence electrons. The summed E-state index contributed by atoms with van der Waals surface area (Å²) < 4.78 is 16.7. The molecule has 1 unspecified atom stereocenters. The van der Waals surface area contributed by atoms with Crippen LogP contribution < -0.4 is 19.7 Å². The third-order valence-corrected chi connectivity index (χ3v) is 6.18. The zero-order valence-corrected chi connectivity index (χ0v) is 20.4. The first-order chi connectivity index (χ1) is 15.6. The largest absolute Gasteiger partial charge is 0.497 e. The maximum atomic E-state index is 5.90. The fourth-order valence-electron chi connectivity index (χ4n) is 3.97. The fourth-order valence-corrected chi connectivity index (χ4v) is 4.22. The molecule has 6 nitrogen and oxygen atoms in total. The Bertz CT molecular complexity index is 865.